The zero-order valence-corrected chi connectivity index (χ0v) is 11.1. The molecule has 22 heavy (non-hydrogen) atoms. The number of nitrogens with one attached hydrogen (secondary N) is 1. The predicted molar refractivity (Wildman–Crippen MR) is 77.2 cm³/mol. The maximum Gasteiger partial charge on any atom is 0.349 e. The summed E-state index contributed by atoms with van der Waals surface area (Å²) in [6.45, 7) is 0. The lowest BCUT2D eigenvalue weighted by atomic mass is 10.2. The van der Waals surface area contributed by atoms with E-state index < -0.39 is 11.5 Å². The molecule has 0 unspecified atom stereocenters. The minimum Gasteiger partial charge on any atom is -0.422 e. The zero-order valence-electron chi connectivity index (χ0n) is 11.1. The van der Waals surface area contributed by atoms with Crippen molar-refractivity contribution >= 4 is 22.8 Å². The Balaban J connectivity index is 1.96. The highest BCUT2D eigenvalue weighted by atomic mass is 16.4. The first kappa shape index (κ1) is 13.5. The summed E-state index contributed by atoms with van der Waals surface area (Å²) in [4.78, 5) is 31.6. The zero-order chi connectivity index (χ0) is 15.5. The SMILES string of the molecule is N#Cc1ccnc(NC(=O)c2cc3ccccc3oc2=O)n1. The number of hydrogen-bond donors (Lipinski definition) is 1. The highest BCUT2D eigenvalue weighted by Gasteiger charge is 2.15. The van der Waals surface area contributed by atoms with Gasteiger partial charge in [0.2, 0.25) is 5.95 Å². The summed E-state index contributed by atoms with van der Waals surface area (Å²) in [5, 5.41) is 11.7. The van der Waals surface area contributed by atoms with E-state index in [0.29, 0.717) is 11.0 Å². The Hall–Kier alpha value is -3.53. The molecule has 1 amide bonds. The van der Waals surface area contributed by atoms with Crippen LogP contribution in [0.15, 0.2) is 51.8 Å². The quantitative estimate of drug-likeness (QED) is 0.720. The fraction of sp³-hybridized carbons (Fsp3) is 0. The normalized spacial score (nSPS) is 10.1. The third kappa shape index (κ3) is 2.53. The second-order valence-corrected chi connectivity index (χ2v) is 4.32. The molecule has 0 radical (unpaired) electrons. The third-order valence-electron chi connectivity index (χ3n) is 2.88. The molecule has 0 fully saturated rings. The van der Waals surface area contributed by atoms with E-state index in [1.54, 1.807) is 24.3 Å². The summed E-state index contributed by atoms with van der Waals surface area (Å²) in [7, 11) is 0. The second kappa shape index (κ2) is 5.46. The molecule has 0 saturated heterocycles. The summed E-state index contributed by atoms with van der Waals surface area (Å²) in [6.07, 6.45) is 1.34. The predicted octanol–water partition coefficient (Wildman–Crippen LogP) is 1.71. The number of amides is 1. The van der Waals surface area contributed by atoms with Gasteiger partial charge in [-0.15, -0.1) is 0 Å². The molecule has 0 aliphatic heterocycles. The van der Waals surface area contributed by atoms with Crippen molar-refractivity contribution in [3.05, 3.63) is 64.3 Å². The number of nitrogens with zero attached hydrogens (tertiary/aromatic N) is 3. The molecule has 2 aromatic heterocycles. The molecule has 7 nitrogen and oxygen atoms in total. The van der Waals surface area contributed by atoms with E-state index in [0.717, 1.165) is 0 Å². The van der Waals surface area contributed by atoms with Crippen molar-refractivity contribution in [2.75, 3.05) is 5.32 Å². The number of benzene rings is 1. The maximum atomic E-state index is 12.1. The van der Waals surface area contributed by atoms with Crippen molar-refractivity contribution in [1.29, 1.82) is 5.26 Å². The van der Waals surface area contributed by atoms with Crippen LogP contribution >= 0.6 is 0 Å². The largest absolute Gasteiger partial charge is 0.422 e. The van der Waals surface area contributed by atoms with Crippen LogP contribution in [-0.4, -0.2) is 15.9 Å². The lowest BCUT2D eigenvalue weighted by Crippen LogP contribution is -2.21. The fourth-order valence-electron chi connectivity index (χ4n) is 1.87. The van der Waals surface area contributed by atoms with Crippen LogP contribution in [0.5, 0.6) is 0 Å². The van der Waals surface area contributed by atoms with Crippen molar-refractivity contribution < 1.29 is 9.21 Å². The molecule has 0 bridgehead atoms. The smallest absolute Gasteiger partial charge is 0.349 e. The molecule has 1 N–H and O–H groups in total. The summed E-state index contributed by atoms with van der Waals surface area (Å²) < 4.78 is 5.09. The highest BCUT2D eigenvalue weighted by Crippen LogP contribution is 2.13. The molecule has 0 atom stereocenters. The van der Waals surface area contributed by atoms with Crippen LogP contribution in [-0.2, 0) is 0 Å². The highest BCUT2D eigenvalue weighted by molar-refractivity contribution is 6.04. The van der Waals surface area contributed by atoms with Gasteiger partial charge in [0.15, 0.2) is 0 Å². The van der Waals surface area contributed by atoms with Crippen LogP contribution in [0.2, 0.25) is 0 Å². The van der Waals surface area contributed by atoms with E-state index in [2.05, 4.69) is 15.3 Å². The Labute approximate surface area is 123 Å². The van der Waals surface area contributed by atoms with Crippen molar-refractivity contribution in [3.8, 4) is 6.07 Å². The van der Waals surface area contributed by atoms with Gasteiger partial charge in [-0.05, 0) is 18.2 Å². The number of anilines is 1. The number of aromatic nitrogens is 2. The number of carbonyl (C=O) groups is 1. The molecule has 7 heteroatoms. The monoisotopic (exact) mass is 292 g/mol. The Morgan fingerprint density at radius 1 is 1.27 bits per heavy atom. The summed E-state index contributed by atoms with van der Waals surface area (Å²) in [6, 6.07) is 11.5. The number of para-hydroxylation sites is 1. The van der Waals surface area contributed by atoms with E-state index in [1.165, 1.54) is 18.3 Å². The van der Waals surface area contributed by atoms with Gasteiger partial charge in [-0.3, -0.25) is 10.1 Å². The Morgan fingerprint density at radius 2 is 2.09 bits per heavy atom. The van der Waals surface area contributed by atoms with E-state index >= 15 is 0 Å². The summed E-state index contributed by atoms with van der Waals surface area (Å²) in [5.74, 6) is -0.758. The average Bonchev–Trinajstić information content (AvgIpc) is 2.54. The van der Waals surface area contributed by atoms with Crippen molar-refractivity contribution in [2.45, 2.75) is 0 Å². The Kier molecular flexibility index (Phi) is 3.34. The van der Waals surface area contributed by atoms with Gasteiger partial charge in [0, 0.05) is 11.6 Å². The lowest BCUT2D eigenvalue weighted by Gasteiger charge is -2.03. The first-order chi connectivity index (χ1) is 10.7. The number of carbonyl (C=O) groups excluding carboxylic acids is 1. The number of fused-ring (bicyclic) bond motifs is 1. The molecular formula is C15H8N4O3. The van der Waals surface area contributed by atoms with E-state index in [1.807, 2.05) is 6.07 Å². The molecule has 3 rings (SSSR count). The molecule has 0 saturated carbocycles. The Bertz CT molecular complexity index is 972. The van der Waals surface area contributed by atoms with Gasteiger partial charge >= 0.3 is 5.63 Å². The van der Waals surface area contributed by atoms with Gasteiger partial charge < -0.3 is 4.42 Å². The maximum absolute atomic E-state index is 12.1. The van der Waals surface area contributed by atoms with Crippen LogP contribution in [0.3, 0.4) is 0 Å². The summed E-state index contributed by atoms with van der Waals surface area (Å²) >= 11 is 0. The standard InChI is InChI=1S/C15H8N4O3/c16-8-10-5-6-17-15(18-10)19-13(20)11-7-9-3-1-2-4-12(9)22-14(11)21/h1-7H,(H,17,18,19,20). The van der Waals surface area contributed by atoms with Crippen LogP contribution in [0.4, 0.5) is 5.95 Å². The molecule has 0 aliphatic carbocycles. The first-order valence-electron chi connectivity index (χ1n) is 6.25. The minimum atomic E-state index is -0.757. The lowest BCUT2D eigenvalue weighted by molar-refractivity contribution is 0.102. The van der Waals surface area contributed by atoms with Crippen LogP contribution in [0.1, 0.15) is 16.1 Å². The Morgan fingerprint density at radius 3 is 2.91 bits per heavy atom. The van der Waals surface area contributed by atoms with Crippen LogP contribution < -0.4 is 10.9 Å². The molecule has 3 aromatic rings. The van der Waals surface area contributed by atoms with Crippen molar-refractivity contribution in [1.82, 2.24) is 9.97 Å². The topological polar surface area (TPSA) is 109 Å². The number of rotatable bonds is 2. The number of hydrogen-bond acceptors (Lipinski definition) is 6. The van der Waals surface area contributed by atoms with Gasteiger partial charge in [0.1, 0.15) is 22.9 Å². The molecular weight excluding hydrogens is 284 g/mol. The molecule has 106 valence electrons. The molecule has 0 spiro atoms. The average molecular weight is 292 g/mol. The van der Waals surface area contributed by atoms with Gasteiger partial charge in [-0.25, -0.2) is 14.8 Å². The third-order valence-corrected chi connectivity index (χ3v) is 2.88. The molecule has 1 aromatic carbocycles. The van der Waals surface area contributed by atoms with Gasteiger partial charge in [-0.2, -0.15) is 5.26 Å². The van der Waals surface area contributed by atoms with Crippen LogP contribution in [0.25, 0.3) is 11.0 Å². The molecule has 0 aliphatic rings. The molecule has 2 heterocycles. The summed E-state index contributed by atoms with van der Waals surface area (Å²) in [5.41, 5.74) is -0.417. The van der Waals surface area contributed by atoms with Gasteiger partial charge in [0.25, 0.3) is 5.91 Å². The first-order valence-corrected chi connectivity index (χ1v) is 6.25. The van der Waals surface area contributed by atoms with Crippen molar-refractivity contribution in [3.63, 3.8) is 0 Å². The van der Waals surface area contributed by atoms with Gasteiger partial charge in [-0.1, -0.05) is 18.2 Å². The second-order valence-electron chi connectivity index (χ2n) is 4.32. The minimum absolute atomic E-state index is 0.0587. The van der Waals surface area contributed by atoms with Gasteiger partial charge in [0.05, 0.1) is 0 Å². The van der Waals surface area contributed by atoms with Crippen LogP contribution in [0, 0.1) is 11.3 Å². The van der Waals surface area contributed by atoms with E-state index in [4.69, 9.17) is 9.68 Å². The van der Waals surface area contributed by atoms with Crippen molar-refractivity contribution in [2.24, 2.45) is 0 Å². The number of nitriles is 1. The van der Waals surface area contributed by atoms with E-state index in [-0.39, 0.29) is 17.2 Å². The van der Waals surface area contributed by atoms with E-state index in [9.17, 15) is 9.59 Å². The fourth-order valence-corrected chi connectivity index (χ4v) is 1.87.